The zero-order valence-corrected chi connectivity index (χ0v) is 7.73. The largest absolute Gasteiger partial charge is 0.352 e. The second-order valence-electron chi connectivity index (χ2n) is 2.98. The minimum Gasteiger partial charge on any atom is -0.352 e. The predicted molar refractivity (Wildman–Crippen MR) is 48.7 cm³/mol. The van der Waals surface area contributed by atoms with E-state index in [-0.39, 0.29) is 11.7 Å². The summed E-state index contributed by atoms with van der Waals surface area (Å²) in [5.74, 6) is -0.326. The van der Waals surface area contributed by atoms with E-state index >= 15 is 0 Å². The van der Waals surface area contributed by atoms with Gasteiger partial charge in [-0.15, -0.1) is 0 Å². The molecule has 0 saturated carbocycles. The zero-order valence-electron chi connectivity index (χ0n) is 7.73. The molecule has 1 amide bonds. The number of benzene rings is 1. The topological polar surface area (TPSA) is 29.1 Å². The van der Waals surface area contributed by atoms with Crippen LogP contribution in [0.15, 0.2) is 18.2 Å². The number of nitrogens with one attached hydrogen (secondary N) is 1. The highest BCUT2D eigenvalue weighted by Crippen LogP contribution is 2.09. The molecular weight excluding hydrogens is 169 g/mol. The number of halogens is 1. The molecule has 0 bridgehead atoms. The van der Waals surface area contributed by atoms with Crippen LogP contribution in [-0.2, 0) is 11.3 Å². The van der Waals surface area contributed by atoms with Gasteiger partial charge in [-0.3, -0.25) is 4.79 Å². The van der Waals surface area contributed by atoms with Crippen LogP contribution in [-0.4, -0.2) is 5.91 Å². The third-order valence-electron chi connectivity index (χ3n) is 1.83. The van der Waals surface area contributed by atoms with Gasteiger partial charge in [-0.2, -0.15) is 0 Å². The van der Waals surface area contributed by atoms with Gasteiger partial charge in [-0.05, 0) is 30.2 Å². The Balaban J connectivity index is 2.72. The smallest absolute Gasteiger partial charge is 0.217 e. The summed E-state index contributed by atoms with van der Waals surface area (Å²) in [5, 5.41) is 2.66. The summed E-state index contributed by atoms with van der Waals surface area (Å²) in [5.41, 5.74) is 1.80. The van der Waals surface area contributed by atoms with Gasteiger partial charge in [0, 0.05) is 13.5 Å². The van der Waals surface area contributed by atoms with Gasteiger partial charge < -0.3 is 5.32 Å². The molecule has 1 N–H and O–H groups in total. The summed E-state index contributed by atoms with van der Waals surface area (Å²) in [6.07, 6.45) is 0. The Hall–Kier alpha value is -1.38. The maximum absolute atomic E-state index is 12.7. The van der Waals surface area contributed by atoms with Crippen LogP contribution < -0.4 is 5.32 Å². The highest BCUT2D eigenvalue weighted by molar-refractivity contribution is 5.72. The van der Waals surface area contributed by atoms with Gasteiger partial charge in [0.25, 0.3) is 0 Å². The van der Waals surface area contributed by atoms with E-state index in [0.717, 1.165) is 11.1 Å². The fraction of sp³-hybridized carbons (Fsp3) is 0.300. The highest BCUT2D eigenvalue weighted by Gasteiger charge is 1.99. The number of hydrogen-bond donors (Lipinski definition) is 1. The summed E-state index contributed by atoms with van der Waals surface area (Å²) in [6, 6.07) is 4.53. The molecule has 0 radical (unpaired) electrons. The lowest BCUT2D eigenvalue weighted by Gasteiger charge is -2.05. The lowest BCUT2D eigenvalue weighted by Crippen LogP contribution is -2.19. The molecule has 0 atom stereocenters. The van der Waals surface area contributed by atoms with Crippen LogP contribution in [0.5, 0.6) is 0 Å². The molecule has 0 aliphatic rings. The van der Waals surface area contributed by atoms with Crippen molar-refractivity contribution >= 4 is 5.91 Å². The SMILES string of the molecule is CC(=O)NCc1ccc(F)cc1C. The molecule has 13 heavy (non-hydrogen) atoms. The molecule has 70 valence electrons. The number of hydrogen-bond acceptors (Lipinski definition) is 1. The van der Waals surface area contributed by atoms with Crippen molar-refractivity contribution in [3.63, 3.8) is 0 Å². The number of amides is 1. The number of aryl methyl sites for hydroxylation is 1. The summed E-state index contributed by atoms with van der Waals surface area (Å²) in [7, 11) is 0. The Morgan fingerprint density at radius 3 is 2.77 bits per heavy atom. The Morgan fingerprint density at radius 2 is 2.23 bits per heavy atom. The average Bonchev–Trinajstić information content (AvgIpc) is 2.02. The Labute approximate surface area is 76.8 Å². The van der Waals surface area contributed by atoms with Crippen LogP contribution >= 0.6 is 0 Å². The maximum Gasteiger partial charge on any atom is 0.217 e. The fourth-order valence-electron chi connectivity index (χ4n) is 1.08. The van der Waals surface area contributed by atoms with Crippen LogP contribution in [0.2, 0.25) is 0 Å². The molecule has 0 heterocycles. The van der Waals surface area contributed by atoms with E-state index < -0.39 is 0 Å². The van der Waals surface area contributed by atoms with Gasteiger partial charge in [-0.1, -0.05) is 6.07 Å². The molecule has 1 aromatic rings. The Morgan fingerprint density at radius 1 is 1.54 bits per heavy atom. The molecule has 0 aliphatic heterocycles. The van der Waals surface area contributed by atoms with Gasteiger partial charge in [-0.25, -0.2) is 4.39 Å². The molecule has 0 fully saturated rings. The van der Waals surface area contributed by atoms with Gasteiger partial charge in [0.15, 0.2) is 0 Å². The van der Waals surface area contributed by atoms with E-state index in [1.807, 2.05) is 6.92 Å². The van der Waals surface area contributed by atoms with E-state index in [4.69, 9.17) is 0 Å². The van der Waals surface area contributed by atoms with Gasteiger partial charge >= 0.3 is 0 Å². The van der Waals surface area contributed by atoms with Crippen molar-refractivity contribution in [2.75, 3.05) is 0 Å². The molecule has 0 aliphatic carbocycles. The van der Waals surface area contributed by atoms with Crippen LogP contribution in [0.3, 0.4) is 0 Å². The van der Waals surface area contributed by atoms with Crippen LogP contribution in [0.1, 0.15) is 18.1 Å². The van der Waals surface area contributed by atoms with Crippen molar-refractivity contribution in [2.45, 2.75) is 20.4 Å². The normalized spacial score (nSPS) is 9.77. The minimum atomic E-state index is -0.246. The van der Waals surface area contributed by atoms with Crippen molar-refractivity contribution in [3.05, 3.63) is 35.1 Å². The number of rotatable bonds is 2. The van der Waals surface area contributed by atoms with Crippen LogP contribution in [0, 0.1) is 12.7 Å². The van der Waals surface area contributed by atoms with Gasteiger partial charge in [0.2, 0.25) is 5.91 Å². The van der Waals surface area contributed by atoms with Gasteiger partial charge in [0.1, 0.15) is 5.82 Å². The molecule has 0 spiro atoms. The lowest BCUT2D eigenvalue weighted by molar-refractivity contribution is -0.119. The molecule has 1 rings (SSSR count). The summed E-state index contributed by atoms with van der Waals surface area (Å²) >= 11 is 0. The highest BCUT2D eigenvalue weighted by atomic mass is 19.1. The van der Waals surface area contributed by atoms with Gasteiger partial charge in [0.05, 0.1) is 0 Å². The summed E-state index contributed by atoms with van der Waals surface area (Å²) in [6.45, 7) is 3.74. The third-order valence-corrected chi connectivity index (χ3v) is 1.83. The van der Waals surface area contributed by atoms with Crippen molar-refractivity contribution < 1.29 is 9.18 Å². The monoisotopic (exact) mass is 181 g/mol. The molecule has 0 aromatic heterocycles. The number of carbonyl (C=O) groups is 1. The summed E-state index contributed by atoms with van der Waals surface area (Å²) < 4.78 is 12.7. The van der Waals surface area contributed by atoms with Crippen LogP contribution in [0.25, 0.3) is 0 Å². The third kappa shape index (κ3) is 2.86. The average molecular weight is 181 g/mol. The first-order chi connectivity index (χ1) is 6.09. The van der Waals surface area contributed by atoms with Crippen molar-refractivity contribution in [2.24, 2.45) is 0 Å². The quantitative estimate of drug-likeness (QED) is 0.740. The first-order valence-corrected chi connectivity index (χ1v) is 4.09. The predicted octanol–water partition coefficient (Wildman–Crippen LogP) is 1.77. The molecule has 0 unspecified atom stereocenters. The molecule has 0 saturated heterocycles. The molecule has 1 aromatic carbocycles. The molecule has 2 nitrogen and oxygen atoms in total. The first kappa shape index (κ1) is 9.71. The maximum atomic E-state index is 12.7. The van der Waals surface area contributed by atoms with E-state index in [9.17, 15) is 9.18 Å². The number of carbonyl (C=O) groups excluding carboxylic acids is 1. The molecular formula is C10H12FNO. The fourth-order valence-corrected chi connectivity index (χ4v) is 1.08. The van der Waals surface area contributed by atoms with Crippen molar-refractivity contribution in [3.8, 4) is 0 Å². The van der Waals surface area contributed by atoms with E-state index in [2.05, 4.69) is 5.32 Å². The van der Waals surface area contributed by atoms with Crippen molar-refractivity contribution in [1.29, 1.82) is 0 Å². The molecule has 3 heteroatoms. The lowest BCUT2D eigenvalue weighted by atomic mass is 10.1. The van der Waals surface area contributed by atoms with E-state index in [1.54, 1.807) is 6.07 Å². The Bertz CT molecular complexity index is 323. The van der Waals surface area contributed by atoms with Crippen molar-refractivity contribution in [1.82, 2.24) is 5.32 Å². The second-order valence-corrected chi connectivity index (χ2v) is 2.98. The Kier molecular flexibility index (Phi) is 3.01. The first-order valence-electron chi connectivity index (χ1n) is 4.09. The zero-order chi connectivity index (χ0) is 9.84. The second kappa shape index (κ2) is 4.03. The van der Waals surface area contributed by atoms with E-state index in [0.29, 0.717) is 6.54 Å². The van der Waals surface area contributed by atoms with E-state index in [1.165, 1.54) is 19.1 Å². The standard InChI is InChI=1S/C10H12FNO/c1-7-5-10(11)4-3-9(7)6-12-8(2)13/h3-5H,6H2,1-2H3,(H,12,13). The minimum absolute atomic E-state index is 0.0799. The summed E-state index contributed by atoms with van der Waals surface area (Å²) in [4.78, 5) is 10.6. The van der Waals surface area contributed by atoms with Crippen LogP contribution in [0.4, 0.5) is 4.39 Å².